The summed E-state index contributed by atoms with van der Waals surface area (Å²) in [5.41, 5.74) is 0.666. The van der Waals surface area contributed by atoms with E-state index >= 15 is 0 Å². The molecule has 2 saturated heterocycles. The summed E-state index contributed by atoms with van der Waals surface area (Å²) in [4.78, 5) is 28.3. The minimum Gasteiger partial charge on any atom is -0.364 e. The molecule has 3 heterocycles. The van der Waals surface area contributed by atoms with Gasteiger partial charge < -0.3 is 9.42 Å². The van der Waals surface area contributed by atoms with E-state index in [4.69, 9.17) is 4.52 Å². The first-order valence-electron chi connectivity index (χ1n) is 9.97. The molecule has 0 aliphatic carbocycles. The van der Waals surface area contributed by atoms with Crippen LogP contribution in [-0.2, 0) is 15.0 Å². The van der Waals surface area contributed by atoms with Crippen LogP contribution in [0, 0.1) is 0 Å². The second-order valence-electron chi connectivity index (χ2n) is 8.57. The van der Waals surface area contributed by atoms with Gasteiger partial charge in [0.25, 0.3) is 0 Å². The van der Waals surface area contributed by atoms with Crippen molar-refractivity contribution in [3.8, 4) is 11.3 Å². The molecular formula is C22H26N2O3S2. The average molecular weight is 431 g/mol. The Morgan fingerprint density at radius 1 is 1.28 bits per heavy atom. The summed E-state index contributed by atoms with van der Waals surface area (Å²) in [7, 11) is 0. The topological polar surface area (TPSA) is 63.4 Å². The van der Waals surface area contributed by atoms with Crippen LogP contribution >= 0.6 is 24.4 Å². The molecule has 0 saturated carbocycles. The summed E-state index contributed by atoms with van der Waals surface area (Å²) < 4.78 is 4.88. The van der Waals surface area contributed by atoms with Gasteiger partial charge in [0, 0.05) is 15.9 Å². The van der Waals surface area contributed by atoms with E-state index in [1.807, 2.05) is 37.3 Å². The summed E-state index contributed by atoms with van der Waals surface area (Å²) in [5.74, 6) is -0.0561. The SMILES string of the molecule is CCCC[C@@]1(C(=O)S)N2C(=O)C(C)(c3conc3-c3ccccc3)[C@H]2SC1(C)C. The monoisotopic (exact) mass is 430 g/mol. The van der Waals surface area contributed by atoms with E-state index in [9.17, 15) is 9.59 Å². The highest BCUT2D eigenvalue weighted by atomic mass is 32.2. The molecule has 2 aliphatic rings. The number of hydrogen-bond donors (Lipinski definition) is 1. The molecular weight excluding hydrogens is 404 g/mol. The Bertz CT molecular complexity index is 958. The Morgan fingerprint density at radius 2 is 1.97 bits per heavy atom. The normalized spacial score (nSPS) is 30.2. The van der Waals surface area contributed by atoms with Crippen LogP contribution in [0.3, 0.4) is 0 Å². The van der Waals surface area contributed by atoms with Crippen molar-refractivity contribution in [3.63, 3.8) is 0 Å². The lowest BCUT2D eigenvalue weighted by molar-refractivity contribution is -0.166. The molecule has 2 fully saturated rings. The molecule has 2 aliphatic heterocycles. The molecule has 1 aromatic carbocycles. The largest absolute Gasteiger partial charge is 0.364 e. The maximum absolute atomic E-state index is 13.7. The van der Waals surface area contributed by atoms with Gasteiger partial charge in [0.1, 0.15) is 22.9 Å². The number of carbonyl (C=O) groups excluding carboxylic acids is 2. The van der Waals surface area contributed by atoms with Crippen molar-refractivity contribution < 1.29 is 14.1 Å². The molecule has 1 amide bonds. The lowest BCUT2D eigenvalue weighted by atomic mass is 9.68. The second kappa shape index (κ2) is 6.91. The van der Waals surface area contributed by atoms with E-state index in [2.05, 4.69) is 38.6 Å². The van der Waals surface area contributed by atoms with Crippen LogP contribution in [0.5, 0.6) is 0 Å². The van der Waals surface area contributed by atoms with E-state index < -0.39 is 15.7 Å². The predicted molar refractivity (Wildman–Crippen MR) is 118 cm³/mol. The van der Waals surface area contributed by atoms with E-state index in [0.717, 1.165) is 24.0 Å². The van der Waals surface area contributed by atoms with Crippen LogP contribution in [0.2, 0.25) is 0 Å². The highest BCUT2D eigenvalue weighted by molar-refractivity contribution is 8.02. The van der Waals surface area contributed by atoms with Crippen molar-refractivity contribution in [2.24, 2.45) is 0 Å². The highest BCUT2D eigenvalue weighted by Crippen LogP contribution is 2.65. The molecule has 3 atom stereocenters. The van der Waals surface area contributed by atoms with Gasteiger partial charge in [0.2, 0.25) is 11.0 Å². The van der Waals surface area contributed by atoms with Crippen molar-refractivity contribution in [3.05, 3.63) is 42.2 Å². The van der Waals surface area contributed by atoms with Crippen LogP contribution < -0.4 is 0 Å². The number of nitrogens with zero attached hydrogens (tertiary/aromatic N) is 2. The Labute approximate surface area is 181 Å². The van der Waals surface area contributed by atoms with Gasteiger partial charge in [-0.1, -0.05) is 55.3 Å². The number of aromatic nitrogens is 1. The van der Waals surface area contributed by atoms with E-state index in [1.165, 1.54) is 0 Å². The maximum atomic E-state index is 13.7. The zero-order valence-corrected chi connectivity index (χ0v) is 18.8. The van der Waals surface area contributed by atoms with Gasteiger partial charge in [0.15, 0.2) is 0 Å². The lowest BCUT2D eigenvalue weighted by Crippen LogP contribution is -2.75. The van der Waals surface area contributed by atoms with Crippen molar-refractivity contribution in [1.29, 1.82) is 0 Å². The number of rotatable bonds is 6. The molecule has 5 nitrogen and oxygen atoms in total. The summed E-state index contributed by atoms with van der Waals surface area (Å²) in [5, 5.41) is 3.81. The third-order valence-corrected chi connectivity index (χ3v) is 8.83. The first-order chi connectivity index (χ1) is 13.7. The van der Waals surface area contributed by atoms with Crippen molar-refractivity contribution in [1.82, 2.24) is 10.1 Å². The van der Waals surface area contributed by atoms with Crippen molar-refractivity contribution in [2.45, 2.75) is 68.0 Å². The molecule has 1 aromatic heterocycles. The van der Waals surface area contributed by atoms with Crippen LogP contribution in [-0.4, -0.2) is 36.7 Å². The number of thiol groups is 1. The van der Waals surface area contributed by atoms with E-state index in [0.29, 0.717) is 12.1 Å². The average Bonchev–Trinajstić information content (AvgIpc) is 3.27. The molecule has 1 unspecified atom stereocenters. The van der Waals surface area contributed by atoms with Crippen LogP contribution in [0.15, 0.2) is 41.1 Å². The van der Waals surface area contributed by atoms with Crippen LogP contribution in [0.4, 0.5) is 0 Å². The van der Waals surface area contributed by atoms with Crippen LogP contribution in [0.25, 0.3) is 11.3 Å². The van der Waals surface area contributed by atoms with Crippen LogP contribution in [0.1, 0.15) is 52.5 Å². The summed E-state index contributed by atoms with van der Waals surface area (Å²) >= 11 is 5.95. The maximum Gasteiger partial charge on any atom is 0.238 e. The van der Waals surface area contributed by atoms with Crippen molar-refractivity contribution >= 4 is 35.4 Å². The highest BCUT2D eigenvalue weighted by Gasteiger charge is 2.76. The Balaban J connectivity index is 1.79. The van der Waals surface area contributed by atoms with Gasteiger partial charge >= 0.3 is 0 Å². The van der Waals surface area contributed by atoms with Gasteiger partial charge in [-0.25, -0.2) is 0 Å². The number of thioether (sulfide) groups is 1. The number of unbranched alkanes of at least 4 members (excludes halogenated alkanes) is 1. The Hall–Kier alpha value is -1.73. The Kier molecular flexibility index (Phi) is 4.89. The number of hydrogen-bond acceptors (Lipinski definition) is 5. The van der Waals surface area contributed by atoms with Crippen molar-refractivity contribution in [2.75, 3.05) is 0 Å². The van der Waals surface area contributed by atoms with Gasteiger partial charge in [-0.15, -0.1) is 24.4 Å². The molecule has 0 bridgehead atoms. The molecule has 154 valence electrons. The standard InChI is InChI=1S/C22H26N2O3S2/c1-5-6-12-22(19(26)28)20(2,3)29-18-21(4,17(25)24(18)22)15-13-27-23-16(15)14-10-8-7-9-11-14/h7-11,13,18H,5-6,12H2,1-4H3,(H,26,28)/t18-,21?,22+/m1/s1. The number of fused-ring (bicyclic) bond motifs is 1. The molecule has 7 heteroatoms. The van der Waals surface area contributed by atoms with E-state index in [1.54, 1.807) is 22.9 Å². The molecule has 0 N–H and O–H groups in total. The van der Waals surface area contributed by atoms with Gasteiger partial charge in [-0.2, -0.15) is 0 Å². The molecule has 4 rings (SSSR count). The molecule has 2 aromatic rings. The third-order valence-electron chi connectivity index (χ3n) is 6.63. The number of benzene rings is 1. The summed E-state index contributed by atoms with van der Waals surface area (Å²) in [6, 6.07) is 9.73. The summed E-state index contributed by atoms with van der Waals surface area (Å²) in [6.07, 6.45) is 4.03. The van der Waals surface area contributed by atoms with Gasteiger partial charge in [0.05, 0.1) is 5.37 Å². The van der Waals surface area contributed by atoms with Gasteiger partial charge in [-0.3, -0.25) is 9.59 Å². The number of β-lactam (4-membered cyclic amide) rings is 1. The number of amides is 1. The minimum absolute atomic E-state index is 0.0561. The third kappa shape index (κ3) is 2.59. The fraction of sp³-hybridized carbons (Fsp3) is 0.500. The van der Waals surface area contributed by atoms with E-state index in [-0.39, 0.29) is 16.4 Å². The van der Waals surface area contributed by atoms with Gasteiger partial charge in [-0.05, 0) is 27.2 Å². The lowest BCUT2D eigenvalue weighted by Gasteiger charge is -2.55. The quantitative estimate of drug-likeness (QED) is 0.533. The first kappa shape index (κ1) is 20.5. The fourth-order valence-corrected chi connectivity index (χ4v) is 7.31. The summed E-state index contributed by atoms with van der Waals surface area (Å²) in [6.45, 7) is 8.14. The molecule has 29 heavy (non-hydrogen) atoms. The Morgan fingerprint density at radius 3 is 2.59 bits per heavy atom. The molecule has 0 spiro atoms. The second-order valence-corrected chi connectivity index (χ2v) is 10.7. The smallest absolute Gasteiger partial charge is 0.238 e. The minimum atomic E-state index is -0.901. The molecule has 0 radical (unpaired) electrons. The number of carbonyl (C=O) groups is 2. The predicted octanol–water partition coefficient (Wildman–Crippen LogP) is 4.68. The first-order valence-corrected chi connectivity index (χ1v) is 11.3. The zero-order valence-electron chi connectivity index (χ0n) is 17.1. The zero-order chi connectivity index (χ0) is 21.0. The fourth-order valence-electron chi connectivity index (χ4n) is 4.84.